The molecule has 2 nitrogen and oxygen atoms in total. The molecule has 2 aromatic rings. The van der Waals surface area contributed by atoms with Gasteiger partial charge in [0.05, 0.1) is 11.6 Å². The molecule has 2 heterocycles. The lowest BCUT2D eigenvalue weighted by Gasteiger charge is -2.26. The van der Waals surface area contributed by atoms with E-state index in [2.05, 4.69) is 46.8 Å². The number of benzene rings is 1. The van der Waals surface area contributed by atoms with Gasteiger partial charge in [0.2, 0.25) is 0 Å². The van der Waals surface area contributed by atoms with Crippen molar-refractivity contribution in [3.05, 3.63) is 40.4 Å². The average molecular weight is 339 g/mol. The van der Waals surface area contributed by atoms with Crippen LogP contribution in [0.1, 0.15) is 16.8 Å². The van der Waals surface area contributed by atoms with E-state index in [9.17, 15) is 0 Å². The number of nitrogens with zero attached hydrogens (tertiary/aromatic N) is 2. The standard InChI is InChI=1S/C16H19ClN2S2/c1-12-8-13(16-18-15(9-17)11-21-16)2-3-14(12)10-19-4-6-20-7-5-19/h2-3,8,11H,4-7,9-10H2,1H3. The van der Waals surface area contributed by atoms with Gasteiger partial charge in [-0.1, -0.05) is 12.1 Å². The van der Waals surface area contributed by atoms with Crippen LogP contribution >= 0.6 is 34.7 Å². The lowest BCUT2D eigenvalue weighted by atomic mass is 10.0. The maximum atomic E-state index is 5.83. The van der Waals surface area contributed by atoms with Crippen LogP contribution < -0.4 is 0 Å². The minimum absolute atomic E-state index is 0.487. The molecular weight excluding hydrogens is 320 g/mol. The zero-order chi connectivity index (χ0) is 14.7. The minimum Gasteiger partial charge on any atom is -0.297 e. The third-order valence-electron chi connectivity index (χ3n) is 3.78. The van der Waals surface area contributed by atoms with Crippen molar-refractivity contribution in [2.75, 3.05) is 24.6 Å². The fraction of sp³-hybridized carbons (Fsp3) is 0.438. The molecule has 0 atom stereocenters. The highest BCUT2D eigenvalue weighted by molar-refractivity contribution is 7.99. The Morgan fingerprint density at radius 1 is 1.29 bits per heavy atom. The maximum Gasteiger partial charge on any atom is 0.123 e. The fourth-order valence-electron chi connectivity index (χ4n) is 2.51. The van der Waals surface area contributed by atoms with E-state index < -0.39 is 0 Å². The summed E-state index contributed by atoms with van der Waals surface area (Å²) < 4.78 is 0. The first-order chi connectivity index (χ1) is 10.3. The predicted octanol–water partition coefficient (Wildman–Crippen LogP) is 4.41. The van der Waals surface area contributed by atoms with E-state index in [1.807, 2.05) is 5.38 Å². The van der Waals surface area contributed by atoms with E-state index in [0.29, 0.717) is 5.88 Å². The zero-order valence-electron chi connectivity index (χ0n) is 12.1. The van der Waals surface area contributed by atoms with Crippen molar-refractivity contribution in [1.82, 2.24) is 9.88 Å². The highest BCUT2D eigenvalue weighted by Crippen LogP contribution is 2.27. The molecular formula is C16H19ClN2S2. The summed E-state index contributed by atoms with van der Waals surface area (Å²) in [6, 6.07) is 6.71. The lowest BCUT2D eigenvalue weighted by molar-refractivity contribution is 0.294. The third-order valence-corrected chi connectivity index (χ3v) is 5.93. The van der Waals surface area contributed by atoms with E-state index in [-0.39, 0.29) is 0 Å². The summed E-state index contributed by atoms with van der Waals surface area (Å²) in [5, 5.41) is 3.10. The number of aryl methyl sites for hydroxylation is 1. The SMILES string of the molecule is Cc1cc(-c2nc(CCl)cs2)ccc1CN1CCSCC1. The van der Waals surface area contributed by atoms with E-state index in [1.54, 1.807) is 11.3 Å². The second-order valence-electron chi connectivity index (χ2n) is 5.31. The summed E-state index contributed by atoms with van der Waals surface area (Å²) in [6.07, 6.45) is 0. The van der Waals surface area contributed by atoms with Crippen molar-refractivity contribution in [2.45, 2.75) is 19.3 Å². The van der Waals surface area contributed by atoms with E-state index in [4.69, 9.17) is 11.6 Å². The zero-order valence-corrected chi connectivity index (χ0v) is 14.5. The molecule has 1 aromatic carbocycles. The van der Waals surface area contributed by atoms with Gasteiger partial charge in [-0.15, -0.1) is 22.9 Å². The molecule has 0 amide bonds. The van der Waals surface area contributed by atoms with Crippen LogP contribution in [0.2, 0.25) is 0 Å². The molecule has 0 unspecified atom stereocenters. The molecule has 1 aromatic heterocycles. The number of thioether (sulfide) groups is 1. The van der Waals surface area contributed by atoms with Crippen LogP contribution in [0.25, 0.3) is 10.6 Å². The number of thiazole rings is 1. The van der Waals surface area contributed by atoms with Crippen molar-refractivity contribution < 1.29 is 0 Å². The summed E-state index contributed by atoms with van der Waals surface area (Å²) in [6.45, 7) is 5.68. The summed E-state index contributed by atoms with van der Waals surface area (Å²) in [5.41, 5.74) is 4.95. The van der Waals surface area contributed by atoms with Gasteiger partial charge in [-0.2, -0.15) is 11.8 Å². The number of halogens is 1. The third kappa shape index (κ3) is 3.81. The van der Waals surface area contributed by atoms with Gasteiger partial charge in [0.15, 0.2) is 0 Å². The molecule has 1 saturated heterocycles. The number of alkyl halides is 1. The molecule has 0 spiro atoms. The Morgan fingerprint density at radius 3 is 2.76 bits per heavy atom. The average Bonchev–Trinajstić information content (AvgIpc) is 2.99. The molecule has 1 fully saturated rings. The molecule has 1 aliphatic rings. The Bertz CT molecular complexity index is 606. The Labute approximate surface area is 139 Å². The summed E-state index contributed by atoms with van der Waals surface area (Å²) in [7, 11) is 0. The monoisotopic (exact) mass is 338 g/mol. The topological polar surface area (TPSA) is 16.1 Å². The van der Waals surface area contributed by atoms with Gasteiger partial charge >= 0.3 is 0 Å². The fourth-order valence-corrected chi connectivity index (χ4v) is 4.53. The number of rotatable bonds is 4. The first kappa shape index (κ1) is 15.3. The normalized spacial score (nSPS) is 16.3. The predicted molar refractivity (Wildman–Crippen MR) is 94.4 cm³/mol. The van der Waals surface area contributed by atoms with Gasteiger partial charge in [0.1, 0.15) is 5.01 Å². The van der Waals surface area contributed by atoms with Gasteiger partial charge in [-0.3, -0.25) is 4.90 Å². The van der Waals surface area contributed by atoms with E-state index in [1.165, 1.54) is 41.3 Å². The second-order valence-corrected chi connectivity index (χ2v) is 7.66. The highest BCUT2D eigenvalue weighted by Gasteiger charge is 2.12. The molecule has 21 heavy (non-hydrogen) atoms. The van der Waals surface area contributed by atoms with Crippen molar-refractivity contribution in [1.29, 1.82) is 0 Å². The van der Waals surface area contributed by atoms with E-state index >= 15 is 0 Å². The van der Waals surface area contributed by atoms with Crippen LogP contribution in [0, 0.1) is 6.92 Å². The number of hydrogen-bond donors (Lipinski definition) is 0. The van der Waals surface area contributed by atoms with Gasteiger partial charge in [0.25, 0.3) is 0 Å². The number of hydrogen-bond acceptors (Lipinski definition) is 4. The highest BCUT2D eigenvalue weighted by atomic mass is 35.5. The molecule has 0 bridgehead atoms. The summed E-state index contributed by atoms with van der Waals surface area (Å²) in [4.78, 5) is 7.11. The molecule has 0 saturated carbocycles. The Balaban J connectivity index is 1.75. The molecule has 112 valence electrons. The quantitative estimate of drug-likeness (QED) is 0.768. The first-order valence-electron chi connectivity index (χ1n) is 7.16. The largest absolute Gasteiger partial charge is 0.297 e. The van der Waals surface area contributed by atoms with Crippen LogP contribution in [0.4, 0.5) is 0 Å². The molecule has 1 aliphatic heterocycles. The van der Waals surface area contributed by atoms with Crippen LogP contribution in [0.3, 0.4) is 0 Å². The molecule has 0 radical (unpaired) electrons. The van der Waals surface area contributed by atoms with Gasteiger partial charge < -0.3 is 0 Å². The van der Waals surface area contributed by atoms with Crippen molar-refractivity contribution in [3.8, 4) is 10.6 Å². The van der Waals surface area contributed by atoms with Crippen molar-refractivity contribution in [2.24, 2.45) is 0 Å². The van der Waals surface area contributed by atoms with Crippen molar-refractivity contribution >= 4 is 34.7 Å². The van der Waals surface area contributed by atoms with Gasteiger partial charge in [-0.05, 0) is 24.1 Å². The maximum absolute atomic E-state index is 5.83. The lowest BCUT2D eigenvalue weighted by Crippen LogP contribution is -2.32. The van der Waals surface area contributed by atoms with Gasteiger partial charge in [-0.25, -0.2) is 4.98 Å². The van der Waals surface area contributed by atoms with Crippen LogP contribution in [0.15, 0.2) is 23.6 Å². The molecule has 5 heteroatoms. The van der Waals surface area contributed by atoms with Crippen molar-refractivity contribution in [3.63, 3.8) is 0 Å². The summed E-state index contributed by atoms with van der Waals surface area (Å²) in [5.74, 6) is 3.01. The smallest absolute Gasteiger partial charge is 0.123 e. The number of aromatic nitrogens is 1. The molecule has 0 N–H and O–H groups in total. The van der Waals surface area contributed by atoms with E-state index in [0.717, 1.165) is 17.2 Å². The van der Waals surface area contributed by atoms with Gasteiger partial charge in [0, 0.05) is 42.1 Å². The first-order valence-corrected chi connectivity index (χ1v) is 9.73. The second kappa shape index (κ2) is 7.14. The molecule has 0 aliphatic carbocycles. The Morgan fingerprint density at radius 2 is 2.10 bits per heavy atom. The Kier molecular flexibility index (Phi) is 5.22. The van der Waals surface area contributed by atoms with Crippen LogP contribution in [0.5, 0.6) is 0 Å². The summed E-state index contributed by atoms with van der Waals surface area (Å²) >= 11 is 9.56. The minimum atomic E-state index is 0.487. The molecule has 3 rings (SSSR count). The van der Waals surface area contributed by atoms with Crippen LogP contribution in [-0.4, -0.2) is 34.5 Å². The Hall–Kier alpha value is -0.550. The van der Waals surface area contributed by atoms with Crippen LogP contribution in [-0.2, 0) is 12.4 Å².